The Morgan fingerprint density at radius 2 is 2.14 bits per heavy atom. The fourth-order valence-corrected chi connectivity index (χ4v) is 1.45. The fraction of sp³-hybridized carbons (Fsp3) is 0.273. The molecular formula is C11H11ClN4O6. The fourth-order valence-electron chi connectivity index (χ4n) is 1.33. The second-order valence-corrected chi connectivity index (χ2v) is 4.23. The topological polar surface area (TPSA) is 137 Å². The number of nitrogens with one attached hydrogen (secondary N) is 1. The maximum atomic E-state index is 11.2. The third kappa shape index (κ3) is 4.66. The molecular weight excluding hydrogens is 320 g/mol. The Labute approximate surface area is 129 Å². The maximum absolute atomic E-state index is 11.2. The van der Waals surface area contributed by atoms with Gasteiger partial charge in [0.25, 0.3) is 5.69 Å². The molecule has 0 aliphatic carbocycles. The molecule has 0 radical (unpaired) electrons. The minimum Gasteiger partial charge on any atom is -0.465 e. The van der Waals surface area contributed by atoms with Crippen LogP contribution in [-0.4, -0.2) is 34.0 Å². The van der Waals surface area contributed by atoms with Crippen LogP contribution in [0.5, 0.6) is 0 Å². The minimum absolute atomic E-state index is 0.0837. The number of carbonyl (C=O) groups excluding carboxylic acids is 1. The van der Waals surface area contributed by atoms with Gasteiger partial charge in [-0.1, -0.05) is 0 Å². The van der Waals surface area contributed by atoms with E-state index in [-0.39, 0.29) is 12.3 Å². The zero-order valence-corrected chi connectivity index (χ0v) is 12.0. The Morgan fingerprint density at radius 3 is 2.68 bits per heavy atom. The summed E-state index contributed by atoms with van der Waals surface area (Å²) in [6.07, 6.45) is 0.991. The zero-order chi connectivity index (χ0) is 16.7. The van der Waals surface area contributed by atoms with E-state index >= 15 is 0 Å². The van der Waals surface area contributed by atoms with Crippen LogP contribution in [0.2, 0.25) is 0 Å². The molecule has 0 spiro atoms. The average Bonchev–Trinajstić information content (AvgIpc) is 2.47. The smallest absolute Gasteiger partial charge is 0.329 e. The summed E-state index contributed by atoms with van der Waals surface area (Å²) in [5, 5.41) is 23.9. The van der Waals surface area contributed by atoms with E-state index in [1.807, 2.05) is 0 Å². The van der Waals surface area contributed by atoms with Gasteiger partial charge in [0.1, 0.15) is 5.69 Å². The minimum atomic E-state index is -1.16. The van der Waals surface area contributed by atoms with Crippen molar-refractivity contribution in [3.05, 3.63) is 38.4 Å². The van der Waals surface area contributed by atoms with Crippen LogP contribution in [0.4, 0.5) is 17.1 Å². The molecule has 0 fully saturated rings. The molecule has 0 heterocycles. The van der Waals surface area contributed by atoms with Gasteiger partial charge in [0.15, 0.2) is 5.38 Å². The van der Waals surface area contributed by atoms with E-state index < -0.39 is 32.6 Å². The molecule has 0 aromatic heterocycles. The molecule has 1 aromatic carbocycles. The third-order valence-electron chi connectivity index (χ3n) is 2.29. The second kappa shape index (κ2) is 7.88. The predicted octanol–water partition coefficient (Wildman–Crippen LogP) is 2.07. The van der Waals surface area contributed by atoms with Crippen LogP contribution in [0, 0.1) is 20.2 Å². The van der Waals surface area contributed by atoms with Gasteiger partial charge in [0.2, 0.25) is 0 Å². The number of ether oxygens (including phenoxy) is 1. The van der Waals surface area contributed by atoms with Crippen LogP contribution in [-0.2, 0) is 9.53 Å². The van der Waals surface area contributed by atoms with Gasteiger partial charge in [0, 0.05) is 6.07 Å². The van der Waals surface area contributed by atoms with Crippen LogP contribution in [0.15, 0.2) is 23.3 Å². The third-order valence-corrected chi connectivity index (χ3v) is 2.58. The van der Waals surface area contributed by atoms with E-state index in [1.54, 1.807) is 6.92 Å². The van der Waals surface area contributed by atoms with Gasteiger partial charge in [-0.05, 0) is 13.0 Å². The van der Waals surface area contributed by atoms with Gasteiger partial charge < -0.3 is 4.74 Å². The lowest BCUT2D eigenvalue weighted by Crippen LogP contribution is -2.19. The SMILES string of the molecule is CCOC(=O)[C@H](Cl)/C=N\Nc1ccc([N+](=O)[O-])cc1[N+](=O)[O-]. The monoisotopic (exact) mass is 330 g/mol. The van der Waals surface area contributed by atoms with E-state index in [4.69, 9.17) is 11.6 Å². The Kier molecular flexibility index (Phi) is 6.20. The Morgan fingerprint density at radius 1 is 1.45 bits per heavy atom. The van der Waals surface area contributed by atoms with Crippen molar-refractivity contribution in [1.29, 1.82) is 0 Å². The lowest BCUT2D eigenvalue weighted by Gasteiger charge is -2.04. The largest absolute Gasteiger partial charge is 0.465 e. The number of anilines is 1. The first-order valence-corrected chi connectivity index (χ1v) is 6.33. The molecule has 0 unspecified atom stereocenters. The first-order chi connectivity index (χ1) is 10.4. The number of hydrogen-bond acceptors (Lipinski definition) is 8. The summed E-state index contributed by atoms with van der Waals surface area (Å²) in [4.78, 5) is 31.1. The molecule has 22 heavy (non-hydrogen) atoms. The number of rotatable bonds is 7. The number of hydrogen-bond donors (Lipinski definition) is 1. The number of esters is 1. The van der Waals surface area contributed by atoms with Crippen molar-refractivity contribution < 1.29 is 19.4 Å². The highest BCUT2D eigenvalue weighted by molar-refractivity contribution is 6.38. The Hall–Kier alpha value is -2.75. The van der Waals surface area contributed by atoms with E-state index in [2.05, 4.69) is 15.3 Å². The molecule has 10 nitrogen and oxygen atoms in total. The second-order valence-electron chi connectivity index (χ2n) is 3.76. The molecule has 0 amide bonds. The number of non-ortho nitro benzene ring substituents is 1. The number of carbonyl (C=O) groups is 1. The highest BCUT2D eigenvalue weighted by Crippen LogP contribution is 2.28. The van der Waals surface area contributed by atoms with Gasteiger partial charge in [-0.2, -0.15) is 5.10 Å². The summed E-state index contributed by atoms with van der Waals surface area (Å²) in [5.74, 6) is -0.715. The molecule has 0 bridgehead atoms. The van der Waals surface area contributed by atoms with Crippen LogP contribution >= 0.6 is 11.6 Å². The zero-order valence-electron chi connectivity index (χ0n) is 11.3. The molecule has 1 rings (SSSR count). The molecule has 0 aliphatic rings. The van der Waals surface area contributed by atoms with Crippen molar-refractivity contribution in [2.24, 2.45) is 5.10 Å². The van der Waals surface area contributed by atoms with Crippen molar-refractivity contribution in [2.75, 3.05) is 12.0 Å². The van der Waals surface area contributed by atoms with Gasteiger partial charge in [-0.15, -0.1) is 11.6 Å². The van der Waals surface area contributed by atoms with Crippen LogP contribution in [0.1, 0.15) is 6.92 Å². The van der Waals surface area contributed by atoms with Crippen molar-refractivity contribution >= 4 is 40.8 Å². The van der Waals surface area contributed by atoms with Gasteiger partial charge in [-0.25, -0.2) is 0 Å². The van der Waals surface area contributed by atoms with Crippen molar-refractivity contribution in [3.8, 4) is 0 Å². The van der Waals surface area contributed by atoms with E-state index in [9.17, 15) is 25.0 Å². The standard InChI is InChI=1S/C11H11ClN4O6/c1-2-22-11(17)8(12)6-13-14-9-4-3-7(15(18)19)5-10(9)16(20)21/h3-6,8,14H,2H2,1H3/b13-6-/t8-/m1/s1. The summed E-state index contributed by atoms with van der Waals surface area (Å²) in [7, 11) is 0. The summed E-state index contributed by atoms with van der Waals surface area (Å²) in [5.41, 5.74) is 1.26. The maximum Gasteiger partial charge on any atom is 0.329 e. The summed E-state index contributed by atoms with van der Waals surface area (Å²) in [6.45, 7) is 1.76. The first kappa shape index (κ1) is 17.3. The van der Waals surface area contributed by atoms with Crippen molar-refractivity contribution in [3.63, 3.8) is 0 Å². The van der Waals surface area contributed by atoms with Crippen LogP contribution in [0.25, 0.3) is 0 Å². The number of nitro benzene ring substituents is 2. The summed E-state index contributed by atoms with van der Waals surface area (Å²) in [6, 6.07) is 3.00. The van der Waals surface area contributed by atoms with Gasteiger partial charge in [0.05, 0.1) is 28.7 Å². The van der Waals surface area contributed by atoms with Crippen LogP contribution < -0.4 is 5.43 Å². The lowest BCUT2D eigenvalue weighted by molar-refractivity contribution is -0.393. The Bertz CT molecular complexity index is 621. The molecule has 1 aromatic rings. The van der Waals surface area contributed by atoms with Crippen molar-refractivity contribution in [2.45, 2.75) is 12.3 Å². The van der Waals surface area contributed by atoms with Crippen molar-refractivity contribution in [1.82, 2.24) is 0 Å². The summed E-state index contributed by atoms with van der Waals surface area (Å²) < 4.78 is 4.64. The normalized spacial score (nSPS) is 11.9. The summed E-state index contributed by atoms with van der Waals surface area (Å²) >= 11 is 5.66. The number of alkyl halides is 1. The van der Waals surface area contributed by atoms with E-state index in [0.29, 0.717) is 0 Å². The van der Waals surface area contributed by atoms with E-state index in [0.717, 1.165) is 24.4 Å². The number of halogens is 1. The molecule has 0 saturated carbocycles. The Balaban J connectivity index is 2.87. The molecule has 118 valence electrons. The molecule has 11 heteroatoms. The molecule has 1 atom stereocenters. The van der Waals surface area contributed by atoms with Gasteiger partial charge >= 0.3 is 11.7 Å². The molecule has 0 saturated heterocycles. The number of benzene rings is 1. The van der Waals surface area contributed by atoms with Gasteiger partial charge in [-0.3, -0.25) is 30.4 Å². The van der Waals surface area contributed by atoms with E-state index in [1.165, 1.54) is 0 Å². The number of hydrazone groups is 1. The highest BCUT2D eigenvalue weighted by Gasteiger charge is 2.19. The predicted molar refractivity (Wildman–Crippen MR) is 78.1 cm³/mol. The average molecular weight is 331 g/mol. The quantitative estimate of drug-likeness (QED) is 0.265. The first-order valence-electron chi connectivity index (χ1n) is 5.89. The van der Waals surface area contributed by atoms with Crippen LogP contribution in [0.3, 0.4) is 0 Å². The number of nitrogens with zero attached hydrogens (tertiary/aromatic N) is 3. The number of nitro groups is 2. The lowest BCUT2D eigenvalue weighted by atomic mass is 10.2. The molecule has 1 N–H and O–H groups in total. The molecule has 0 aliphatic heterocycles. The highest BCUT2D eigenvalue weighted by atomic mass is 35.5.